The van der Waals surface area contributed by atoms with Crippen molar-refractivity contribution in [2.24, 2.45) is 0 Å². The summed E-state index contributed by atoms with van der Waals surface area (Å²) in [6.07, 6.45) is 5.39. The van der Waals surface area contributed by atoms with Crippen molar-refractivity contribution < 1.29 is 9.90 Å². The van der Waals surface area contributed by atoms with Crippen LogP contribution in [0.4, 0.5) is 0 Å². The Kier molecular flexibility index (Phi) is 3.61. The molecule has 1 aliphatic rings. The van der Waals surface area contributed by atoms with E-state index in [1.807, 2.05) is 24.3 Å². The van der Waals surface area contributed by atoms with Crippen LogP contribution in [-0.4, -0.2) is 11.1 Å². The number of hydrogen-bond acceptors (Lipinski definition) is 1. The van der Waals surface area contributed by atoms with Gasteiger partial charge in [0.05, 0.1) is 5.56 Å². The van der Waals surface area contributed by atoms with Gasteiger partial charge in [0.1, 0.15) is 0 Å². The van der Waals surface area contributed by atoms with E-state index >= 15 is 0 Å². The van der Waals surface area contributed by atoms with E-state index < -0.39 is 5.97 Å². The number of carbonyl (C=O) groups is 1. The molecule has 0 saturated carbocycles. The molecule has 2 aromatic carbocycles. The lowest BCUT2D eigenvalue weighted by Gasteiger charge is -2.14. The summed E-state index contributed by atoms with van der Waals surface area (Å²) in [7, 11) is 0. The van der Waals surface area contributed by atoms with Crippen LogP contribution in [0.2, 0.25) is 0 Å². The molecule has 0 fully saturated rings. The largest absolute Gasteiger partial charge is 0.478 e. The van der Waals surface area contributed by atoms with E-state index in [4.69, 9.17) is 0 Å². The summed E-state index contributed by atoms with van der Waals surface area (Å²) in [6, 6.07) is 13.8. The zero-order valence-electron chi connectivity index (χ0n) is 12.1. The van der Waals surface area contributed by atoms with E-state index in [-0.39, 0.29) is 0 Å². The van der Waals surface area contributed by atoms with Gasteiger partial charge in [0.15, 0.2) is 0 Å². The molecular weight excluding hydrogens is 260 g/mol. The molecule has 1 aliphatic carbocycles. The molecule has 0 aromatic heterocycles. The van der Waals surface area contributed by atoms with Crippen molar-refractivity contribution in [1.82, 2.24) is 0 Å². The van der Waals surface area contributed by atoms with Crippen LogP contribution in [0.25, 0.3) is 5.57 Å². The predicted octanol–water partition coefficient (Wildman–Crippen LogP) is 4.46. The quantitative estimate of drug-likeness (QED) is 0.880. The number of allylic oxidation sites excluding steroid dienone is 1. The number of aromatic carboxylic acids is 1. The summed E-state index contributed by atoms with van der Waals surface area (Å²) < 4.78 is 0. The monoisotopic (exact) mass is 278 g/mol. The zero-order valence-corrected chi connectivity index (χ0v) is 12.1. The highest BCUT2D eigenvalue weighted by atomic mass is 16.4. The minimum atomic E-state index is -0.869. The van der Waals surface area contributed by atoms with Crippen LogP contribution in [0, 0.1) is 6.92 Å². The Morgan fingerprint density at radius 2 is 1.90 bits per heavy atom. The summed E-state index contributed by atoms with van der Waals surface area (Å²) in [5.41, 5.74) is 6.26. The van der Waals surface area contributed by atoms with Crippen molar-refractivity contribution in [3.05, 3.63) is 76.4 Å². The van der Waals surface area contributed by atoms with E-state index in [1.165, 1.54) is 22.3 Å². The van der Waals surface area contributed by atoms with Gasteiger partial charge in [-0.05, 0) is 66.1 Å². The molecular formula is C19H18O2. The number of aryl methyl sites for hydroxylation is 2. The van der Waals surface area contributed by atoms with Crippen molar-refractivity contribution in [3.63, 3.8) is 0 Å². The maximum Gasteiger partial charge on any atom is 0.335 e. The summed E-state index contributed by atoms with van der Waals surface area (Å²) in [5, 5.41) is 9.25. The lowest BCUT2D eigenvalue weighted by atomic mass is 9.90. The predicted molar refractivity (Wildman–Crippen MR) is 84.6 cm³/mol. The third-order valence-electron chi connectivity index (χ3n) is 4.08. The SMILES string of the molecule is Cc1ccccc1C1=CCCCc2ccc(C(=O)O)cc21. The van der Waals surface area contributed by atoms with Crippen LogP contribution in [0.15, 0.2) is 48.5 Å². The van der Waals surface area contributed by atoms with Crippen LogP contribution in [0.1, 0.15) is 45.5 Å². The molecule has 0 atom stereocenters. The summed E-state index contributed by atoms with van der Waals surface area (Å²) in [6.45, 7) is 2.10. The molecule has 0 radical (unpaired) electrons. The van der Waals surface area contributed by atoms with Gasteiger partial charge in [-0.1, -0.05) is 36.4 Å². The van der Waals surface area contributed by atoms with E-state index in [0.29, 0.717) is 5.56 Å². The van der Waals surface area contributed by atoms with E-state index in [9.17, 15) is 9.90 Å². The Morgan fingerprint density at radius 3 is 2.67 bits per heavy atom. The van der Waals surface area contributed by atoms with Gasteiger partial charge in [-0.25, -0.2) is 4.79 Å². The summed E-state index contributed by atoms with van der Waals surface area (Å²) >= 11 is 0. The normalized spacial score (nSPS) is 14.0. The van der Waals surface area contributed by atoms with Crippen LogP contribution in [0.5, 0.6) is 0 Å². The number of carboxylic acids is 1. The Bertz CT molecular complexity index is 726. The molecule has 0 amide bonds. The first-order valence-electron chi connectivity index (χ1n) is 7.29. The van der Waals surface area contributed by atoms with Crippen LogP contribution in [0.3, 0.4) is 0 Å². The second kappa shape index (κ2) is 5.57. The first kappa shape index (κ1) is 13.6. The van der Waals surface area contributed by atoms with Gasteiger partial charge < -0.3 is 5.11 Å². The first-order chi connectivity index (χ1) is 10.2. The Hall–Kier alpha value is -2.35. The highest BCUT2D eigenvalue weighted by Crippen LogP contribution is 2.33. The minimum Gasteiger partial charge on any atom is -0.478 e. The smallest absolute Gasteiger partial charge is 0.335 e. The molecule has 0 unspecified atom stereocenters. The second-order valence-electron chi connectivity index (χ2n) is 5.50. The number of fused-ring (bicyclic) bond motifs is 1. The van der Waals surface area contributed by atoms with Gasteiger partial charge in [-0.3, -0.25) is 0 Å². The van der Waals surface area contributed by atoms with Gasteiger partial charge in [0, 0.05) is 0 Å². The average Bonchev–Trinajstić information content (AvgIpc) is 2.69. The molecule has 2 aromatic rings. The number of rotatable bonds is 2. The fraction of sp³-hybridized carbons (Fsp3) is 0.211. The standard InChI is InChI=1S/C19H18O2/c1-13-6-2-4-8-16(13)17-9-5-3-7-14-10-11-15(19(20)21)12-18(14)17/h2,4,6,8-12H,3,5,7H2,1H3,(H,20,21). The fourth-order valence-corrected chi connectivity index (χ4v) is 2.96. The Morgan fingerprint density at radius 1 is 1.10 bits per heavy atom. The number of hydrogen-bond donors (Lipinski definition) is 1. The van der Waals surface area contributed by atoms with Crippen LogP contribution in [-0.2, 0) is 6.42 Å². The van der Waals surface area contributed by atoms with E-state index in [1.54, 1.807) is 6.07 Å². The lowest BCUT2D eigenvalue weighted by molar-refractivity contribution is 0.0697. The van der Waals surface area contributed by atoms with Crippen molar-refractivity contribution in [1.29, 1.82) is 0 Å². The Balaban J connectivity index is 2.20. The summed E-state index contributed by atoms with van der Waals surface area (Å²) in [4.78, 5) is 11.3. The first-order valence-corrected chi connectivity index (χ1v) is 7.29. The van der Waals surface area contributed by atoms with Gasteiger partial charge in [0.25, 0.3) is 0 Å². The van der Waals surface area contributed by atoms with Gasteiger partial charge in [-0.15, -0.1) is 0 Å². The zero-order chi connectivity index (χ0) is 14.8. The molecule has 1 N–H and O–H groups in total. The van der Waals surface area contributed by atoms with Gasteiger partial charge in [-0.2, -0.15) is 0 Å². The van der Waals surface area contributed by atoms with Crippen molar-refractivity contribution in [2.45, 2.75) is 26.2 Å². The molecule has 2 heteroatoms. The molecule has 0 spiro atoms. The highest BCUT2D eigenvalue weighted by Gasteiger charge is 2.16. The third-order valence-corrected chi connectivity index (χ3v) is 4.08. The average molecular weight is 278 g/mol. The molecule has 0 bridgehead atoms. The number of benzene rings is 2. The van der Waals surface area contributed by atoms with Crippen molar-refractivity contribution in [2.75, 3.05) is 0 Å². The molecule has 3 rings (SSSR count). The molecule has 106 valence electrons. The maximum absolute atomic E-state index is 11.3. The summed E-state index contributed by atoms with van der Waals surface area (Å²) in [5.74, 6) is -0.869. The Labute approximate surface area is 124 Å². The fourth-order valence-electron chi connectivity index (χ4n) is 2.96. The molecule has 0 saturated heterocycles. The van der Waals surface area contributed by atoms with E-state index in [2.05, 4.69) is 25.1 Å². The molecule has 2 nitrogen and oxygen atoms in total. The second-order valence-corrected chi connectivity index (χ2v) is 5.50. The van der Waals surface area contributed by atoms with Crippen LogP contribution >= 0.6 is 0 Å². The van der Waals surface area contributed by atoms with Crippen molar-refractivity contribution >= 4 is 11.5 Å². The minimum absolute atomic E-state index is 0.357. The molecule has 0 aliphatic heterocycles. The highest BCUT2D eigenvalue weighted by molar-refractivity contribution is 5.91. The molecule has 21 heavy (non-hydrogen) atoms. The van der Waals surface area contributed by atoms with Crippen LogP contribution < -0.4 is 0 Å². The van der Waals surface area contributed by atoms with Crippen molar-refractivity contribution in [3.8, 4) is 0 Å². The third kappa shape index (κ3) is 2.62. The van der Waals surface area contributed by atoms with Gasteiger partial charge in [0.2, 0.25) is 0 Å². The maximum atomic E-state index is 11.3. The molecule has 0 heterocycles. The lowest BCUT2D eigenvalue weighted by Crippen LogP contribution is -2.01. The van der Waals surface area contributed by atoms with E-state index in [0.717, 1.165) is 24.8 Å². The topological polar surface area (TPSA) is 37.3 Å². The number of carboxylic acid groups (broad SMARTS) is 1. The van der Waals surface area contributed by atoms with Gasteiger partial charge >= 0.3 is 5.97 Å².